The number of anilines is 2. The van der Waals surface area contributed by atoms with Gasteiger partial charge in [-0.15, -0.1) is 11.3 Å². The number of nitrogen functional groups attached to an aromatic ring is 1. The molecular formula is C13H16N4OS. The molecule has 6 heteroatoms. The van der Waals surface area contributed by atoms with Crippen LogP contribution in [0.2, 0.25) is 0 Å². The Bertz CT molecular complexity index is 568. The fraction of sp³-hybridized carbons (Fsp3) is 0.231. The van der Waals surface area contributed by atoms with Crippen LogP contribution in [0.25, 0.3) is 0 Å². The molecule has 1 amide bonds. The van der Waals surface area contributed by atoms with Crippen LogP contribution in [0.15, 0.2) is 29.8 Å². The van der Waals surface area contributed by atoms with Crippen LogP contribution < -0.4 is 16.8 Å². The molecule has 5 N–H and O–H groups in total. The van der Waals surface area contributed by atoms with Gasteiger partial charge in [0.25, 0.3) is 5.91 Å². The van der Waals surface area contributed by atoms with Crippen molar-refractivity contribution in [3.8, 4) is 0 Å². The first kappa shape index (κ1) is 13.4. The monoisotopic (exact) mass is 276 g/mol. The zero-order chi connectivity index (χ0) is 13.8. The summed E-state index contributed by atoms with van der Waals surface area (Å²) in [6.07, 6.45) is 1.79. The summed E-state index contributed by atoms with van der Waals surface area (Å²) in [7, 11) is 0. The third-order valence-corrected chi connectivity index (χ3v) is 3.79. The maximum atomic E-state index is 11.4. The van der Waals surface area contributed by atoms with Gasteiger partial charge in [-0.3, -0.25) is 4.79 Å². The van der Waals surface area contributed by atoms with E-state index in [1.165, 1.54) is 0 Å². The van der Waals surface area contributed by atoms with Crippen molar-refractivity contribution < 1.29 is 4.79 Å². The van der Waals surface area contributed by atoms with Gasteiger partial charge in [0.05, 0.1) is 10.6 Å². The number of nitrogens with two attached hydrogens (primary N) is 2. The lowest BCUT2D eigenvalue weighted by Gasteiger charge is -2.14. The second-order valence-corrected chi connectivity index (χ2v) is 5.25. The van der Waals surface area contributed by atoms with E-state index in [1.54, 1.807) is 35.7 Å². The molecule has 0 aliphatic rings. The van der Waals surface area contributed by atoms with Crippen molar-refractivity contribution in [3.05, 3.63) is 40.3 Å². The van der Waals surface area contributed by atoms with Crippen molar-refractivity contribution in [1.29, 1.82) is 0 Å². The number of aromatic nitrogens is 1. The molecule has 1 aromatic heterocycles. The van der Waals surface area contributed by atoms with E-state index in [0.29, 0.717) is 23.5 Å². The van der Waals surface area contributed by atoms with E-state index in [0.717, 1.165) is 5.01 Å². The lowest BCUT2D eigenvalue weighted by atomic mass is 10.1. The summed E-state index contributed by atoms with van der Waals surface area (Å²) in [5, 5.41) is 6.23. The third kappa shape index (κ3) is 3.23. The molecule has 2 aromatic rings. The Kier molecular flexibility index (Phi) is 4.01. The number of rotatable bonds is 5. The molecule has 1 aromatic carbocycles. The van der Waals surface area contributed by atoms with Crippen LogP contribution in [-0.4, -0.2) is 17.4 Å². The van der Waals surface area contributed by atoms with E-state index in [2.05, 4.69) is 17.2 Å². The Labute approximate surface area is 115 Å². The predicted octanol–water partition coefficient (Wildman–Crippen LogP) is 2.04. The smallest absolute Gasteiger partial charge is 0.250 e. The van der Waals surface area contributed by atoms with E-state index in [1.807, 2.05) is 5.38 Å². The predicted molar refractivity (Wildman–Crippen MR) is 78.4 cm³/mol. The Morgan fingerprint density at radius 1 is 1.53 bits per heavy atom. The number of nitrogens with zero attached hydrogens (tertiary/aromatic N) is 1. The van der Waals surface area contributed by atoms with Gasteiger partial charge in [-0.2, -0.15) is 0 Å². The summed E-state index contributed by atoms with van der Waals surface area (Å²) in [5.74, 6) is -0.227. The second kappa shape index (κ2) is 5.71. The molecule has 2 rings (SSSR count). The highest BCUT2D eigenvalue weighted by molar-refractivity contribution is 7.09. The van der Waals surface area contributed by atoms with Gasteiger partial charge in [0.1, 0.15) is 0 Å². The van der Waals surface area contributed by atoms with E-state index >= 15 is 0 Å². The van der Waals surface area contributed by atoms with E-state index in [-0.39, 0.29) is 5.92 Å². The fourth-order valence-corrected chi connectivity index (χ4v) is 2.45. The van der Waals surface area contributed by atoms with Gasteiger partial charge in [0, 0.05) is 35.4 Å². The normalized spacial score (nSPS) is 12.1. The molecular weight excluding hydrogens is 260 g/mol. The molecule has 0 saturated carbocycles. The van der Waals surface area contributed by atoms with Crippen molar-refractivity contribution >= 4 is 28.6 Å². The lowest BCUT2D eigenvalue weighted by Crippen LogP contribution is -2.17. The van der Waals surface area contributed by atoms with Crippen molar-refractivity contribution in [2.75, 3.05) is 17.6 Å². The standard InChI is InChI=1S/C13H16N4OS/c1-8(13-16-4-5-19-13)7-17-11-3-2-9(14)6-10(11)12(15)18/h2-6,8,17H,7,14H2,1H3,(H2,15,18). The van der Waals surface area contributed by atoms with E-state index in [9.17, 15) is 4.79 Å². The number of nitrogens with one attached hydrogen (secondary N) is 1. The van der Waals surface area contributed by atoms with Crippen LogP contribution in [0, 0.1) is 0 Å². The molecule has 100 valence electrons. The molecule has 1 unspecified atom stereocenters. The Hall–Kier alpha value is -2.08. The van der Waals surface area contributed by atoms with Crippen molar-refractivity contribution in [1.82, 2.24) is 4.98 Å². The molecule has 5 nitrogen and oxygen atoms in total. The van der Waals surface area contributed by atoms with Crippen LogP contribution in [0.3, 0.4) is 0 Å². The maximum Gasteiger partial charge on any atom is 0.250 e. The average Bonchev–Trinajstić information content (AvgIpc) is 2.90. The molecule has 19 heavy (non-hydrogen) atoms. The molecule has 0 bridgehead atoms. The zero-order valence-corrected chi connectivity index (χ0v) is 11.4. The Morgan fingerprint density at radius 3 is 2.95 bits per heavy atom. The number of hydrogen-bond acceptors (Lipinski definition) is 5. The third-order valence-electron chi connectivity index (χ3n) is 2.78. The molecule has 0 aliphatic heterocycles. The average molecular weight is 276 g/mol. The van der Waals surface area contributed by atoms with Crippen LogP contribution in [0.4, 0.5) is 11.4 Å². The molecule has 0 saturated heterocycles. The minimum atomic E-state index is -0.489. The molecule has 0 radical (unpaired) electrons. The van der Waals surface area contributed by atoms with Crippen LogP contribution in [0.5, 0.6) is 0 Å². The van der Waals surface area contributed by atoms with Gasteiger partial charge < -0.3 is 16.8 Å². The molecule has 0 spiro atoms. The van der Waals surface area contributed by atoms with Crippen molar-refractivity contribution in [2.45, 2.75) is 12.8 Å². The maximum absolute atomic E-state index is 11.4. The fourth-order valence-electron chi connectivity index (χ4n) is 1.75. The van der Waals surface area contributed by atoms with Gasteiger partial charge in [0.2, 0.25) is 0 Å². The van der Waals surface area contributed by atoms with Crippen LogP contribution in [0.1, 0.15) is 28.2 Å². The summed E-state index contributed by atoms with van der Waals surface area (Å²) in [4.78, 5) is 15.6. The summed E-state index contributed by atoms with van der Waals surface area (Å²) in [5.41, 5.74) is 12.6. The summed E-state index contributed by atoms with van der Waals surface area (Å²) < 4.78 is 0. The van der Waals surface area contributed by atoms with Crippen molar-refractivity contribution in [3.63, 3.8) is 0 Å². The first-order valence-corrected chi connectivity index (χ1v) is 6.78. The summed E-state index contributed by atoms with van der Waals surface area (Å²) >= 11 is 1.62. The van der Waals surface area contributed by atoms with Gasteiger partial charge in [0.15, 0.2) is 0 Å². The second-order valence-electron chi connectivity index (χ2n) is 4.32. The number of carbonyl (C=O) groups is 1. The number of amides is 1. The highest BCUT2D eigenvalue weighted by Gasteiger charge is 2.11. The first-order valence-electron chi connectivity index (χ1n) is 5.90. The summed E-state index contributed by atoms with van der Waals surface area (Å²) in [6.45, 7) is 2.75. The highest BCUT2D eigenvalue weighted by Crippen LogP contribution is 2.22. The van der Waals surface area contributed by atoms with Crippen LogP contribution >= 0.6 is 11.3 Å². The van der Waals surface area contributed by atoms with E-state index in [4.69, 9.17) is 11.5 Å². The molecule has 0 fully saturated rings. The Morgan fingerprint density at radius 2 is 2.32 bits per heavy atom. The lowest BCUT2D eigenvalue weighted by molar-refractivity contribution is 0.100. The molecule has 0 aliphatic carbocycles. The zero-order valence-electron chi connectivity index (χ0n) is 10.6. The number of primary amides is 1. The highest BCUT2D eigenvalue weighted by atomic mass is 32.1. The molecule has 1 heterocycles. The number of hydrogen-bond donors (Lipinski definition) is 3. The minimum Gasteiger partial charge on any atom is -0.399 e. The number of carbonyl (C=O) groups excluding carboxylic acids is 1. The number of benzene rings is 1. The summed E-state index contributed by atoms with van der Waals surface area (Å²) in [6, 6.07) is 5.09. The van der Waals surface area contributed by atoms with Crippen molar-refractivity contribution in [2.24, 2.45) is 5.73 Å². The largest absolute Gasteiger partial charge is 0.399 e. The quantitative estimate of drug-likeness (QED) is 0.728. The van der Waals surface area contributed by atoms with Gasteiger partial charge in [-0.25, -0.2) is 4.98 Å². The minimum absolute atomic E-state index is 0.262. The van der Waals surface area contributed by atoms with Gasteiger partial charge >= 0.3 is 0 Å². The number of thiazole rings is 1. The SMILES string of the molecule is CC(CNc1ccc(N)cc1C(N)=O)c1nccs1. The van der Waals surface area contributed by atoms with E-state index < -0.39 is 5.91 Å². The van der Waals surface area contributed by atoms with Gasteiger partial charge in [-0.05, 0) is 18.2 Å². The van der Waals surface area contributed by atoms with Crippen LogP contribution in [-0.2, 0) is 0 Å². The first-order chi connectivity index (χ1) is 9.08. The topological polar surface area (TPSA) is 94.0 Å². The van der Waals surface area contributed by atoms with Gasteiger partial charge in [-0.1, -0.05) is 6.92 Å². The molecule has 1 atom stereocenters. The Balaban J connectivity index is 2.09.